The Bertz CT molecular complexity index is 639. The van der Waals surface area contributed by atoms with Crippen LogP contribution in [0.3, 0.4) is 0 Å². The van der Waals surface area contributed by atoms with E-state index in [0.717, 1.165) is 51.1 Å². The Morgan fingerprint density at radius 1 is 1.50 bits per heavy atom. The van der Waals surface area contributed by atoms with Crippen LogP contribution in [0.15, 0.2) is 24.2 Å². The van der Waals surface area contributed by atoms with E-state index in [2.05, 4.69) is 19.9 Å². The van der Waals surface area contributed by atoms with E-state index in [9.17, 15) is 4.79 Å². The number of hydrogen-bond acceptors (Lipinski definition) is 4. The summed E-state index contributed by atoms with van der Waals surface area (Å²) < 4.78 is 2.10. The molecule has 2 amide bonds. The van der Waals surface area contributed by atoms with Crippen LogP contribution in [0.5, 0.6) is 0 Å². The summed E-state index contributed by atoms with van der Waals surface area (Å²) in [6.45, 7) is 5.39. The minimum atomic E-state index is 0.0753. The highest BCUT2D eigenvalue weighted by Gasteiger charge is 2.23. The molecule has 6 nitrogen and oxygen atoms in total. The summed E-state index contributed by atoms with van der Waals surface area (Å²) >= 11 is 1.70. The lowest BCUT2D eigenvalue weighted by atomic mass is 9.98. The molecule has 0 unspecified atom stereocenters. The van der Waals surface area contributed by atoms with Crippen molar-refractivity contribution < 1.29 is 4.79 Å². The Hall–Kier alpha value is -1.89. The second-order valence-corrected chi connectivity index (χ2v) is 7.35. The molecule has 7 heteroatoms. The Balaban J connectivity index is 1.38. The second-order valence-electron chi connectivity index (χ2n) is 6.41. The van der Waals surface area contributed by atoms with Crippen molar-refractivity contribution in [1.29, 1.82) is 0 Å². The highest BCUT2D eigenvalue weighted by molar-refractivity contribution is 7.09. The first-order chi connectivity index (χ1) is 11.7. The molecule has 0 bridgehead atoms. The molecule has 0 aromatic carbocycles. The maximum absolute atomic E-state index is 12.4. The van der Waals surface area contributed by atoms with Gasteiger partial charge in [-0.2, -0.15) is 0 Å². The number of imidazole rings is 1. The van der Waals surface area contributed by atoms with Gasteiger partial charge in [0.25, 0.3) is 0 Å². The quantitative estimate of drug-likeness (QED) is 0.817. The second kappa shape index (κ2) is 8.28. The first-order valence-corrected chi connectivity index (χ1v) is 9.48. The van der Waals surface area contributed by atoms with Gasteiger partial charge in [0.1, 0.15) is 0 Å². The molecule has 1 aliphatic heterocycles. The Kier molecular flexibility index (Phi) is 5.85. The molecule has 2 aromatic heterocycles. The number of rotatable bonds is 6. The van der Waals surface area contributed by atoms with Crippen LogP contribution in [-0.4, -0.2) is 45.1 Å². The normalized spacial score (nSPS) is 17.9. The van der Waals surface area contributed by atoms with Gasteiger partial charge in [0.2, 0.25) is 0 Å². The standard InChI is InChI=1S/C17H25N5OS/c1-14-16(24-13-20-14)5-2-6-19-17(23)22-8-3-4-15(11-22)10-21-9-7-18-12-21/h7,9,12-13,15H,2-6,8,10-11H2,1H3,(H,19,23)/t15-/m1/s1. The number of aryl methyl sites for hydroxylation is 2. The van der Waals surface area contributed by atoms with Gasteiger partial charge in [-0.1, -0.05) is 0 Å². The Morgan fingerprint density at radius 3 is 3.17 bits per heavy atom. The summed E-state index contributed by atoms with van der Waals surface area (Å²) in [5, 5.41) is 3.07. The lowest BCUT2D eigenvalue weighted by Gasteiger charge is -2.33. The number of carbonyl (C=O) groups is 1. The molecule has 1 fully saturated rings. The Labute approximate surface area is 146 Å². The lowest BCUT2D eigenvalue weighted by Crippen LogP contribution is -2.46. The number of thiazole rings is 1. The van der Waals surface area contributed by atoms with Gasteiger partial charge >= 0.3 is 6.03 Å². The molecule has 24 heavy (non-hydrogen) atoms. The average molecular weight is 347 g/mol. The zero-order valence-corrected chi connectivity index (χ0v) is 15.0. The van der Waals surface area contributed by atoms with E-state index in [-0.39, 0.29) is 6.03 Å². The number of hydrogen-bond donors (Lipinski definition) is 1. The maximum Gasteiger partial charge on any atom is 0.317 e. The van der Waals surface area contributed by atoms with Crippen LogP contribution in [0.2, 0.25) is 0 Å². The monoisotopic (exact) mass is 347 g/mol. The van der Waals surface area contributed by atoms with Gasteiger partial charge in [-0.25, -0.2) is 14.8 Å². The zero-order chi connectivity index (χ0) is 16.8. The van der Waals surface area contributed by atoms with E-state index in [0.29, 0.717) is 5.92 Å². The van der Waals surface area contributed by atoms with E-state index in [4.69, 9.17) is 0 Å². The predicted octanol–water partition coefficient (Wildman–Crippen LogP) is 2.70. The summed E-state index contributed by atoms with van der Waals surface area (Å²) in [6.07, 6.45) is 9.83. The molecule has 1 atom stereocenters. The van der Waals surface area contributed by atoms with Gasteiger partial charge in [-0.3, -0.25) is 0 Å². The van der Waals surface area contributed by atoms with Crippen LogP contribution < -0.4 is 5.32 Å². The molecule has 3 rings (SSSR count). The maximum atomic E-state index is 12.4. The lowest BCUT2D eigenvalue weighted by molar-refractivity contribution is 0.159. The fraction of sp³-hybridized carbons (Fsp3) is 0.588. The van der Waals surface area contributed by atoms with Crippen molar-refractivity contribution in [2.75, 3.05) is 19.6 Å². The number of likely N-dealkylation sites (tertiary alicyclic amines) is 1. The molecular formula is C17H25N5OS. The fourth-order valence-electron chi connectivity index (χ4n) is 3.21. The number of nitrogens with one attached hydrogen (secondary N) is 1. The minimum absolute atomic E-state index is 0.0753. The van der Waals surface area contributed by atoms with Crippen molar-refractivity contribution in [3.8, 4) is 0 Å². The highest BCUT2D eigenvalue weighted by atomic mass is 32.1. The molecule has 1 saturated heterocycles. The summed E-state index contributed by atoms with van der Waals surface area (Å²) in [5.74, 6) is 0.513. The van der Waals surface area contributed by atoms with Crippen LogP contribution in [0, 0.1) is 12.8 Å². The third kappa shape index (κ3) is 4.56. The number of carbonyl (C=O) groups excluding carboxylic acids is 1. The molecular weight excluding hydrogens is 322 g/mol. The molecule has 0 aliphatic carbocycles. The van der Waals surface area contributed by atoms with Crippen LogP contribution in [0.4, 0.5) is 4.79 Å². The topological polar surface area (TPSA) is 63.1 Å². The van der Waals surface area contributed by atoms with Crippen molar-refractivity contribution in [3.63, 3.8) is 0 Å². The van der Waals surface area contributed by atoms with Crippen LogP contribution >= 0.6 is 11.3 Å². The first kappa shape index (κ1) is 17.0. The van der Waals surface area contributed by atoms with Crippen molar-refractivity contribution in [2.24, 2.45) is 5.92 Å². The summed E-state index contributed by atoms with van der Waals surface area (Å²) in [7, 11) is 0. The molecule has 3 heterocycles. The predicted molar refractivity (Wildman–Crippen MR) is 95.1 cm³/mol. The van der Waals surface area contributed by atoms with Gasteiger partial charge in [0.05, 0.1) is 17.5 Å². The average Bonchev–Trinajstić information content (AvgIpc) is 3.24. The fourth-order valence-corrected chi connectivity index (χ4v) is 4.04. The van der Waals surface area contributed by atoms with Crippen LogP contribution in [-0.2, 0) is 13.0 Å². The molecule has 0 radical (unpaired) electrons. The van der Waals surface area contributed by atoms with Crippen molar-refractivity contribution >= 4 is 17.4 Å². The molecule has 1 aliphatic rings. The van der Waals surface area contributed by atoms with Crippen molar-refractivity contribution in [2.45, 2.75) is 39.2 Å². The number of piperidine rings is 1. The summed E-state index contributed by atoms with van der Waals surface area (Å²) in [4.78, 5) is 24.0. The largest absolute Gasteiger partial charge is 0.338 e. The van der Waals surface area contributed by atoms with E-state index in [1.165, 1.54) is 11.3 Å². The zero-order valence-electron chi connectivity index (χ0n) is 14.1. The number of aromatic nitrogens is 3. The smallest absolute Gasteiger partial charge is 0.317 e. The van der Waals surface area contributed by atoms with Gasteiger partial charge in [0.15, 0.2) is 0 Å². The Morgan fingerprint density at radius 2 is 2.42 bits per heavy atom. The highest BCUT2D eigenvalue weighted by Crippen LogP contribution is 2.18. The molecule has 2 aromatic rings. The SMILES string of the molecule is Cc1ncsc1CCCNC(=O)N1CCC[C@H](Cn2ccnc2)C1. The third-order valence-electron chi connectivity index (χ3n) is 4.54. The van der Waals surface area contributed by atoms with Gasteiger partial charge < -0.3 is 14.8 Å². The van der Waals surface area contributed by atoms with Crippen LogP contribution in [0.1, 0.15) is 29.8 Å². The van der Waals surface area contributed by atoms with Gasteiger partial charge in [-0.05, 0) is 38.5 Å². The van der Waals surface area contributed by atoms with Crippen molar-refractivity contribution in [1.82, 2.24) is 24.8 Å². The van der Waals surface area contributed by atoms with E-state index in [1.54, 1.807) is 17.5 Å². The molecule has 0 saturated carbocycles. The van der Waals surface area contributed by atoms with Gasteiger partial charge in [0, 0.05) is 43.4 Å². The summed E-state index contributed by atoms with van der Waals surface area (Å²) in [6, 6.07) is 0.0753. The van der Waals surface area contributed by atoms with E-state index < -0.39 is 0 Å². The van der Waals surface area contributed by atoms with Gasteiger partial charge in [-0.15, -0.1) is 11.3 Å². The number of amides is 2. The van der Waals surface area contributed by atoms with E-state index in [1.807, 2.05) is 29.9 Å². The van der Waals surface area contributed by atoms with E-state index >= 15 is 0 Å². The minimum Gasteiger partial charge on any atom is -0.338 e. The first-order valence-electron chi connectivity index (χ1n) is 8.60. The number of nitrogens with zero attached hydrogens (tertiary/aromatic N) is 4. The summed E-state index contributed by atoms with van der Waals surface area (Å²) in [5.41, 5.74) is 3.00. The molecule has 0 spiro atoms. The third-order valence-corrected chi connectivity index (χ3v) is 5.53. The molecule has 130 valence electrons. The number of urea groups is 1. The van der Waals surface area contributed by atoms with Crippen LogP contribution in [0.25, 0.3) is 0 Å². The molecule has 1 N–H and O–H groups in total. The van der Waals surface area contributed by atoms with Crippen molar-refractivity contribution in [3.05, 3.63) is 34.8 Å².